The smallest absolute Gasteiger partial charge is 0.133 e. The second kappa shape index (κ2) is 4.48. The van der Waals surface area contributed by atoms with Gasteiger partial charge in [0.1, 0.15) is 17.6 Å². The van der Waals surface area contributed by atoms with Crippen molar-refractivity contribution in [2.45, 2.75) is 32.7 Å². The van der Waals surface area contributed by atoms with Crippen LogP contribution in [0.3, 0.4) is 0 Å². The van der Waals surface area contributed by atoms with Gasteiger partial charge in [0, 0.05) is 19.6 Å². The van der Waals surface area contributed by atoms with Crippen LogP contribution in [0.1, 0.15) is 31.9 Å². The fourth-order valence-corrected chi connectivity index (χ4v) is 2.38. The number of rotatable bonds is 3. The second-order valence-corrected chi connectivity index (χ2v) is 4.27. The molecule has 0 saturated carbocycles. The molecule has 0 spiro atoms. The van der Waals surface area contributed by atoms with Gasteiger partial charge in [-0.05, 0) is 25.3 Å². The maximum Gasteiger partial charge on any atom is 0.133 e. The first-order valence-electron chi connectivity index (χ1n) is 5.92. The van der Waals surface area contributed by atoms with Crippen LogP contribution in [0.25, 0.3) is 0 Å². The number of anilines is 2. The summed E-state index contributed by atoms with van der Waals surface area (Å²) in [5, 5.41) is 9.08. The number of nitrogen functional groups attached to an aromatic ring is 1. The number of hydrogen-bond acceptors (Lipinski definition) is 3. The summed E-state index contributed by atoms with van der Waals surface area (Å²) in [4.78, 5) is 2.30. The summed E-state index contributed by atoms with van der Waals surface area (Å²) in [6.07, 6.45) is 3.46. The Morgan fingerprint density at radius 2 is 2.12 bits per heavy atom. The molecule has 0 unspecified atom stereocenters. The number of hydrogen-bond donors (Lipinski definition) is 1. The number of nitrogens with zero attached hydrogens (tertiary/aromatic N) is 3. The van der Waals surface area contributed by atoms with Crippen LogP contribution in [0.5, 0.6) is 0 Å². The minimum absolute atomic E-state index is 0.682. The molecule has 2 N–H and O–H groups in total. The quantitative estimate of drug-likeness (QED) is 0.843. The van der Waals surface area contributed by atoms with E-state index in [4.69, 9.17) is 11.0 Å². The van der Waals surface area contributed by atoms with Gasteiger partial charge in [0.15, 0.2) is 0 Å². The van der Waals surface area contributed by atoms with Crippen LogP contribution in [0.4, 0.5) is 11.5 Å². The molecule has 1 aliphatic rings. The monoisotopic (exact) mass is 218 g/mol. The molecule has 1 aliphatic heterocycles. The van der Waals surface area contributed by atoms with Crippen LogP contribution >= 0.6 is 0 Å². The first-order chi connectivity index (χ1) is 7.77. The van der Waals surface area contributed by atoms with Gasteiger partial charge in [-0.3, -0.25) is 0 Å². The van der Waals surface area contributed by atoms with Crippen LogP contribution in [0, 0.1) is 11.3 Å². The van der Waals surface area contributed by atoms with Crippen molar-refractivity contribution in [3.05, 3.63) is 11.8 Å². The van der Waals surface area contributed by atoms with Crippen molar-refractivity contribution in [2.75, 3.05) is 23.7 Å². The highest BCUT2D eigenvalue weighted by atomic mass is 15.3. The topological polar surface area (TPSA) is 58.0 Å². The average molecular weight is 218 g/mol. The molecule has 1 fully saturated rings. The molecule has 1 saturated heterocycles. The molecule has 1 aromatic rings. The van der Waals surface area contributed by atoms with Crippen LogP contribution in [0.15, 0.2) is 6.07 Å². The second-order valence-electron chi connectivity index (χ2n) is 4.27. The molecule has 2 rings (SSSR count). The van der Waals surface area contributed by atoms with E-state index in [1.165, 1.54) is 12.8 Å². The van der Waals surface area contributed by atoms with E-state index in [9.17, 15) is 0 Å². The van der Waals surface area contributed by atoms with Crippen molar-refractivity contribution in [1.29, 1.82) is 5.26 Å². The molecule has 0 amide bonds. The van der Waals surface area contributed by atoms with Gasteiger partial charge >= 0.3 is 0 Å². The highest BCUT2D eigenvalue weighted by Crippen LogP contribution is 2.30. The summed E-state index contributed by atoms with van der Waals surface area (Å²) in [6.45, 7) is 5.10. The molecule has 4 nitrogen and oxygen atoms in total. The van der Waals surface area contributed by atoms with Crippen molar-refractivity contribution in [3.8, 4) is 6.07 Å². The van der Waals surface area contributed by atoms with Crippen molar-refractivity contribution in [3.63, 3.8) is 0 Å². The number of nitrogens with two attached hydrogens (primary N) is 1. The first kappa shape index (κ1) is 10.9. The normalized spacial score (nSPS) is 15.4. The lowest BCUT2D eigenvalue weighted by Gasteiger charge is -2.21. The summed E-state index contributed by atoms with van der Waals surface area (Å²) in [7, 11) is 0. The molecule has 0 atom stereocenters. The summed E-state index contributed by atoms with van der Waals surface area (Å²) in [6, 6.07) is 4.02. The predicted octanol–water partition coefficient (Wildman–Crippen LogP) is 1.95. The lowest BCUT2D eigenvalue weighted by atomic mass is 10.4. The lowest BCUT2D eigenvalue weighted by molar-refractivity contribution is 0.665. The highest BCUT2D eigenvalue weighted by Gasteiger charge is 2.21. The zero-order valence-corrected chi connectivity index (χ0v) is 9.74. The largest absolute Gasteiger partial charge is 0.396 e. The molecule has 4 heteroatoms. The minimum atomic E-state index is 0.682. The van der Waals surface area contributed by atoms with E-state index in [1.54, 1.807) is 6.07 Å². The molecule has 0 bridgehead atoms. The highest BCUT2D eigenvalue weighted by molar-refractivity contribution is 5.68. The SMILES string of the molecule is CCCn1c(C#N)cc(N)c1N1CCCC1. The van der Waals surface area contributed by atoms with E-state index >= 15 is 0 Å². The Bertz CT molecular complexity index is 407. The Morgan fingerprint density at radius 3 is 2.69 bits per heavy atom. The van der Waals surface area contributed by atoms with Crippen LogP contribution in [-0.2, 0) is 6.54 Å². The number of aromatic nitrogens is 1. The maximum absolute atomic E-state index is 9.08. The van der Waals surface area contributed by atoms with E-state index < -0.39 is 0 Å². The molecule has 86 valence electrons. The van der Waals surface area contributed by atoms with E-state index in [0.717, 1.165) is 37.6 Å². The fourth-order valence-electron chi connectivity index (χ4n) is 2.38. The summed E-state index contributed by atoms with van der Waals surface area (Å²) in [5.74, 6) is 1.05. The Morgan fingerprint density at radius 1 is 1.44 bits per heavy atom. The zero-order chi connectivity index (χ0) is 11.5. The molecule has 2 heterocycles. The van der Waals surface area contributed by atoms with Crippen LogP contribution in [0.2, 0.25) is 0 Å². The third-order valence-electron chi connectivity index (χ3n) is 3.06. The zero-order valence-electron chi connectivity index (χ0n) is 9.74. The van der Waals surface area contributed by atoms with Gasteiger partial charge < -0.3 is 15.2 Å². The van der Waals surface area contributed by atoms with Gasteiger partial charge in [0.25, 0.3) is 0 Å². The van der Waals surface area contributed by atoms with Crippen molar-refractivity contribution in [1.82, 2.24) is 4.57 Å². The Hall–Kier alpha value is -1.63. The molecule has 16 heavy (non-hydrogen) atoms. The minimum Gasteiger partial charge on any atom is -0.396 e. The van der Waals surface area contributed by atoms with Crippen LogP contribution in [-0.4, -0.2) is 17.7 Å². The molecule has 0 radical (unpaired) electrons. The van der Waals surface area contributed by atoms with E-state index in [1.807, 2.05) is 0 Å². The van der Waals surface area contributed by atoms with Gasteiger partial charge in [0.05, 0.1) is 5.69 Å². The van der Waals surface area contributed by atoms with Gasteiger partial charge in [-0.15, -0.1) is 0 Å². The van der Waals surface area contributed by atoms with Gasteiger partial charge in [0.2, 0.25) is 0 Å². The third kappa shape index (κ3) is 1.73. The van der Waals surface area contributed by atoms with Gasteiger partial charge in [-0.25, -0.2) is 0 Å². The lowest BCUT2D eigenvalue weighted by Crippen LogP contribution is -2.22. The Kier molecular flexibility index (Phi) is 3.04. The summed E-state index contributed by atoms with van der Waals surface area (Å²) < 4.78 is 2.06. The number of nitriles is 1. The fraction of sp³-hybridized carbons (Fsp3) is 0.583. The third-order valence-corrected chi connectivity index (χ3v) is 3.06. The van der Waals surface area contributed by atoms with E-state index in [0.29, 0.717) is 5.69 Å². The molecular formula is C12H18N4. The molecule has 1 aromatic heterocycles. The van der Waals surface area contributed by atoms with Gasteiger partial charge in [-0.2, -0.15) is 5.26 Å². The van der Waals surface area contributed by atoms with Crippen molar-refractivity contribution >= 4 is 11.5 Å². The Balaban J connectivity index is 2.41. The van der Waals surface area contributed by atoms with E-state index in [-0.39, 0.29) is 0 Å². The molecule has 0 aromatic carbocycles. The standard InChI is InChI=1S/C12H18N4/c1-2-5-16-10(9-13)8-11(14)12(16)15-6-3-4-7-15/h8H,2-7,14H2,1H3. The van der Waals surface area contributed by atoms with Crippen molar-refractivity contribution in [2.24, 2.45) is 0 Å². The Labute approximate surface area is 96.3 Å². The summed E-state index contributed by atoms with van der Waals surface area (Å²) in [5.41, 5.74) is 7.44. The van der Waals surface area contributed by atoms with Crippen LogP contribution < -0.4 is 10.6 Å². The molecular weight excluding hydrogens is 200 g/mol. The summed E-state index contributed by atoms with van der Waals surface area (Å²) >= 11 is 0. The van der Waals surface area contributed by atoms with Gasteiger partial charge in [-0.1, -0.05) is 6.92 Å². The van der Waals surface area contributed by atoms with E-state index in [2.05, 4.69) is 22.5 Å². The average Bonchev–Trinajstić information content (AvgIpc) is 2.86. The van der Waals surface area contributed by atoms with Crippen molar-refractivity contribution < 1.29 is 0 Å². The predicted molar refractivity (Wildman–Crippen MR) is 65.3 cm³/mol. The first-order valence-corrected chi connectivity index (χ1v) is 5.92. The molecule has 0 aliphatic carbocycles. The maximum atomic E-state index is 9.08.